The fraction of sp³-hybridized carbons (Fsp3) is 0.733. The van der Waals surface area contributed by atoms with Crippen molar-refractivity contribution in [2.45, 2.75) is 59.5 Å². The normalized spacial score (nSPS) is 10.8. The SMILES string of the molecule is CCOC(=O)CCCCCn1nc(C)c(CNC)c1C. The maximum atomic E-state index is 11.2. The molecule has 0 aromatic carbocycles. The second kappa shape index (κ2) is 8.74. The standard InChI is InChI=1S/C15H27N3O2/c1-5-20-15(19)9-7-6-8-10-18-13(3)14(11-16-4)12(2)17-18/h16H,5-11H2,1-4H3. The molecular formula is C15H27N3O2. The molecule has 1 heterocycles. The van der Waals surface area contributed by atoms with Crippen molar-refractivity contribution in [3.63, 3.8) is 0 Å². The van der Waals surface area contributed by atoms with Crippen LogP contribution in [0.1, 0.15) is 49.6 Å². The zero-order valence-electron chi connectivity index (χ0n) is 13.2. The first-order chi connectivity index (χ1) is 9.60. The van der Waals surface area contributed by atoms with Crippen LogP contribution in [0.4, 0.5) is 0 Å². The lowest BCUT2D eigenvalue weighted by Crippen LogP contribution is -2.08. The molecule has 0 aliphatic heterocycles. The molecule has 0 spiro atoms. The Balaban J connectivity index is 2.32. The quantitative estimate of drug-likeness (QED) is 0.557. The lowest BCUT2D eigenvalue weighted by Gasteiger charge is -2.06. The molecule has 0 amide bonds. The number of hydrogen-bond acceptors (Lipinski definition) is 4. The van der Waals surface area contributed by atoms with E-state index in [1.54, 1.807) is 0 Å². The third-order valence-corrected chi connectivity index (χ3v) is 3.44. The third kappa shape index (κ3) is 4.96. The minimum atomic E-state index is -0.0880. The van der Waals surface area contributed by atoms with Crippen LogP contribution in [-0.2, 0) is 22.6 Å². The molecule has 0 saturated heterocycles. The van der Waals surface area contributed by atoms with E-state index in [2.05, 4.69) is 28.9 Å². The van der Waals surface area contributed by atoms with Crippen LogP contribution in [0.25, 0.3) is 0 Å². The van der Waals surface area contributed by atoms with E-state index in [9.17, 15) is 4.79 Å². The van der Waals surface area contributed by atoms with Gasteiger partial charge < -0.3 is 10.1 Å². The van der Waals surface area contributed by atoms with Crippen molar-refractivity contribution in [3.8, 4) is 0 Å². The average Bonchev–Trinajstić information content (AvgIpc) is 2.67. The second-order valence-electron chi connectivity index (χ2n) is 5.02. The predicted octanol–water partition coefficient (Wildman–Crippen LogP) is 2.34. The van der Waals surface area contributed by atoms with Crippen molar-refractivity contribution in [1.29, 1.82) is 0 Å². The highest BCUT2D eigenvalue weighted by Crippen LogP contribution is 2.14. The van der Waals surface area contributed by atoms with Crippen LogP contribution >= 0.6 is 0 Å². The van der Waals surface area contributed by atoms with Gasteiger partial charge in [-0.3, -0.25) is 9.48 Å². The summed E-state index contributed by atoms with van der Waals surface area (Å²) in [6.07, 6.45) is 3.48. The van der Waals surface area contributed by atoms with E-state index in [-0.39, 0.29) is 5.97 Å². The van der Waals surface area contributed by atoms with Crippen molar-refractivity contribution < 1.29 is 9.53 Å². The Labute approximate surface area is 121 Å². The number of carbonyl (C=O) groups is 1. The predicted molar refractivity (Wildman–Crippen MR) is 79.6 cm³/mol. The lowest BCUT2D eigenvalue weighted by atomic mass is 10.2. The molecule has 5 heteroatoms. The van der Waals surface area contributed by atoms with Crippen LogP contribution in [0.5, 0.6) is 0 Å². The zero-order chi connectivity index (χ0) is 15.0. The summed E-state index contributed by atoms with van der Waals surface area (Å²) in [6, 6.07) is 0. The van der Waals surface area contributed by atoms with Gasteiger partial charge >= 0.3 is 5.97 Å². The van der Waals surface area contributed by atoms with Gasteiger partial charge in [0.15, 0.2) is 0 Å². The summed E-state index contributed by atoms with van der Waals surface area (Å²) in [5, 5.41) is 7.75. The molecule has 1 aromatic rings. The molecule has 0 fully saturated rings. The summed E-state index contributed by atoms with van der Waals surface area (Å²) in [4.78, 5) is 11.2. The molecular weight excluding hydrogens is 254 g/mol. The van der Waals surface area contributed by atoms with E-state index < -0.39 is 0 Å². The van der Waals surface area contributed by atoms with Crippen LogP contribution in [-0.4, -0.2) is 29.4 Å². The number of rotatable bonds is 9. The Morgan fingerprint density at radius 2 is 2.05 bits per heavy atom. The molecule has 1 N–H and O–H groups in total. The fourth-order valence-corrected chi connectivity index (χ4v) is 2.33. The highest BCUT2D eigenvalue weighted by atomic mass is 16.5. The Kier molecular flexibility index (Phi) is 7.30. The van der Waals surface area contributed by atoms with E-state index in [0.717, 1.165) is 38.0 Å². The summed E-state index contributed by atoms with van der Waals surface area (Å²) in [5.41, 5.74) is 3.63. The molecule has 0 atom stereocenters. The first kappa shape index (κ1) is 16.7. The van der Waals surface area contributed by atoms with E-state index in [1.807, 2.05) is 14.0 Å². The molecule has 1 aromatic heterocycles. The Morgan fingerprint density at radius 1 is 1.30 bits per heavy atom. The Morgan fingerprint density at radius 3 is 2.70 bits per heavy atom. The van der Waals surface area contributed by atoms with Gasteiger partial charge in [0, 0.05) is 30.8 Å². The van der Waals surface area contributed by atoms with Gasteiger partial charge in [0.05, 0.1) is 12.3 Å². The molecule has 1 rings (SSSR count). The number of ether oxygens (including phenoxy) is 1. The minimum Gasteiger partial charge on any atom is -0.466 e. The highest BCUT2D eigenvalue weighted by Gasteiger charge is 2.10. The first-order valence-corrected chi connectivity index (χ1v) is 7.43. The van der Waals surface area contributed by atoms with Crippen LogP contribution < -0.4 is 5.32 Å². The van der Waals surface area contributed by atoms with Gasteiger partial charge in [-0.25, -0.2) is 0 Å². The second-order valence-corrected chi connectivity index (χ2v) is 5.02. The summed E-state index contributed by atoms with van der Waals surface area (Å²) in [7, 11) is 1.95. The van der Waals surface area contributed by atoms with Crippen molar-refractivity contribution in [2.75, 3.05) is 13.7 Å². The average molecular weight is 281 g/mol. The van der Waals surface area contributed by atoms with Crippen molar-refractivity contribution >= 4 is 5.97 Å². The number of nitrogens with zero attached hydrogens (tertiary/aromatic N) is 2. The molecule has 0 radical (unpaired) electrons. The van der Waals surface area contributed by atoms with Gasteiger partial charge in [-0.1, -0.05) is 6.42 Å². The number of nitrogens with one attached hydrogen (secondary N) is 1. The summed E-state index contributed by atoms with van der Waals surface area (Å²) < 4.78 is 6.98. The maximum Gasteiger partial charge on any atom is 0.305 e. The van der Waals surface area contributed by atoms with Gasteiger partial charge in [0.2, 0.25) is 0 Å². The van der Waals surface area contributed by atoms with Gasteiger partial charge in [-0.15, -0.1) is 0 Å². The number of hydrogen-bond donors (Lipinski definition) is 1. The summed E-state index contributed by atoms with van der Waals surface area (Å²) in [6.45, 7) is 8.25. The zero-order valence-corrected chi connectivity index (χ0v) is 13.2. The van der Waals surface area contributed by atoms with Crippen LogP contribution in [0.3, 0.4) is 0 Å². The van der Waals surface area contributed by atoms with Crippen molar-refractivity contribution in [3.05, 3.63) is 17.0 Å². The molecule has 0 bridgehead atoms. The van der Waals surface area contributed by atoms with Crippen LogP contribution in [0, 0.1) is 13.8 Å². The van der Waals surface area contributed by atoms with Gasteiger partial charge in [0.1, 0.15) is 0 Å². The van der Waals surface area contributed by atoms with E-state index in [4.69, 9.17) is 4.74 Å². The molecule has 0 unspecified atom stereocenters. The fourth-order valence-electron chi connectivity index (χ4n) is 2.33. The molecule has 0 saturated carbocycles. The third-order valence-electron chi connectivity index (χ3n) is 3.44. The molecule has 114 valence electrons. The first-order valence-electron chi connectivity index (χ1n) is 7.43. The van der Waals surface area contributed by atoms with Gasteiger partial charge in [-0.2, -0.15) is 5.10 Å². The van der Waals surface area contributed by atoms with Crippen molar-refractivity contribution in [1.82, 2.24) is 15.1 Å². The van der Waals surface area contributed by atoms with E-state index in [1.165, 1.54) is 11.3 Å². The van der Waals surface area contributed by atoms with Crippen molar-refractivity contribution in [2.24, 2.45) is 0 Å². The highest BCUT2D eigenvalue weighted by molar-refractivity contribution is 5.69. The molecule has 5 nitrogen and oxygen atoms in total. The summed E-state index contributed by atoms with van der Waals surface area (Å²) >= 11 is 0. The molecule has 0 aliphatic carbocycles. The van der Waals surface area contributed by atoms with Gasteiger partial charge in [0.25, 0.3) is 0 Å². The lowest BCUT2D eigenvalue weighted by molar-refractivity contribution is -0.143. The Hall–Kier alpha value is -1.36. The van der Waals surface area contributed by atoms with Crippen LogP contribution in [0.15, 0.2) is 0 Å². The molecule has 0 aliphatic rings. The largest absolute Gasteiger partial charge is 0.466 e. The minimum absolute atomic E-state index is 0.0880. The maximum absolute atomic E-state index is 11.2. The number of esters is 1. The number of aromatic nitrogens is 2. The molecule has 20 heavy (non-hydrogen) atoms. The topological polar surface area (TPSA) is 56.2 Å². The smallest absolute Gasteiger partial charge is 0.305 e. The number of aryl methyl sites for hydroxylation is 2. The monoisotopic (exact) mass is 281 g/mol. The summed E-state index contributed by atoms with van der Waals surface area (Å²) in [5.74, 6) is -0.0880. The number of carbonyl (C=O) groups excluding carboxylic acids is 1. The van der Waals surface area contributed by atoms with Gasteiger partial charge in [-0.05, 0) is 40.7 Å². The number of unbranched alkanes of at least 4 members (excludes halogenated alkanes) is 2. The van der Waals surface area contributed by atoms with E-state index in [0.29, 0.717) is 13.0 Å². The Bertz CT molecular complexity index is 427. The van der Waals surface area contributed by atoms with Crippen LogP contribution in [0.2, 0.25) is 0 Å². The van der Waals surface area contributed by atoms with E-state index >= 15 is 0 Å².